The van der Waals surface area contributed by atoms with Gasteiger partial charge in [-0.3, -0.25) is 19.6 Å². The van der Waals surface area contributed by atoms with Gasteiger partial charge in [0.2, 0.25) is 0 Å². The number of anilines is 1. The summed E-state index contributed by atoms with van der Waals surface area (Å²) in [4.78, 5) is 42.9. The summed E-state index contributed by atoms with van der Waals surface area (Å²) in [5, 5.41) is 31.1. The van der Waals surface area contributed by atoms with Crippen LogP contribution in [0.1, 0.15) is 24.1 Å². The number of halogens is 1. The molecule has 1 fully saturated rings. The number of hydrogen-bond donors (Lipinski definition) is 5. The highest BCUT2D eigenvalue weighted by atomic mass is 35.5. The zero-order valence-corrected chi connectivity index (χ0v) is 18.5. The van der Waals surface area contributed by atoms with Crippen LogP contribution in [0.15, 0.2) is 28.2 Å². The fraction of sp³-hybridized carbons (Fsp3) is 0.294. The first-order valence-electron chi connectivity index (χ1n) is 9.16. The van der Waals surface area contributed by atoms with Crippen LogP contribution in [0.3, 0.4) is 0 Å². The molecule has 2 aromatic rings. The number of amides is 2. The smallest absolute Gasteiger partial charge is 0.353 e. The number of aromatic nitrogens is 3. The molecular weight excluding hydrogens is 482 g/mol. The van der Waals surface area contributed by atoms with Crippen LogP contribution in [-0.2, 0) is 20.1 Å². The minimum absolute atomic E-state index is 0.0556. The Kier molecular flexibility index (Phi) is 6.08. The molecule has 4 rings (SSSR count). The van der Waals surface area contributed by atoms with E-state index in [2.05, 4.69) is 25.7 Å². The maximum atomic E-state index is 12.8. The molecule has 1 saturated heterocycles. The third-order valence-corrected chi connectivity index (χ3v) is 7.30. The minimum Gasteiger partial charge on any atom is -0.477 e. The van der Waals surface area contributed by atoms with Gasteiger partial charge in [0.1, 0.15) is 21.8 Å². The van der Waals surface area contributed by atoms with Crippen LogP contribution < -0.4 is 11.1 Å². The molecule has 2 aliphatic rings. The largest absolute Gasteiger partial charge is 0.477 e. The predicted octanol–water partition coefficient (Wildman–Crippen LogP) is 0.999. The van der Waals surface area contributed by atoms with E-state index < -0.39 is 35.6 Å². The van der Waals surface area contributed by atoms with E-state index in [9.17, 15) is 24.7 Å². The van der Waals surface area contributed by atoms with Crippen LogP contribution >= 0.6 is 34.7 Å². The van der Waals surface area contributed by atoms with Crippen LogP contribution in [-0.4, -0.2) is 66.0 Å². The number of β-lactam (4-membered cyclic amide) rings is 1. The first kappa shape index (κ1) is 22.1. The number of hydrogen-bond acceptors (Lipinski definition) is 10. The van der Waals surface area contributed by atoms with Gasteiger partial charge in [-0.05, 0) is 12.8 Å². The Morgan fingerprint density at radius 1 is 1.50 bits per heavy atom. The maximum Gasteiger partial charge on any atom is 0.353 e. The molecule has 0 spiro atoms. The molecule has 32 heavy (non-hydrogen) atoms. The van der Waals surface area contributed by atoms with Crippen molar-refractivity contribution in [2.45, 2.75) is 30.7 Å². The van der Waals surface area contributed by atoms with E-state index in [1.165, 1.54) is 16.7 Å². The minimum atomic E-state index is -1.22. The van der Waals surface area contributed by atoms with Gasteiger partial charge in [0.15, 0.2) is 10.8 Å². The summed E-state index contributed by atoms with van der Waals surface area (Å²) in [5.41, 5.74) is 5.77. The second kappa shape index (κ2) is 8.80. The lowest BCUT2D eigenvalue weighted by Crippen LogP contribution is -2.72. The van der Waals surface area contributed by atoms with Gasteiger partial charge in [0, 0.05) is 22.4 Å². The molecule has 2 aliphatic heterocycles. The van der Waals surface area contributed by atoms with Crippen LogP contribution in [0.4, 0.5) is 5.13 Å². The van der Waals surface area contributed by atoms with Gasteiger partial charge in [-0.1, -0.05) is 28.1 Å². The van der Waals surface area contributed by atoms with Gasteiger partial charge in [0.25, 0.3) is 11.8 Å². The molecule has 4 heterocycles. The van der Waals surface area contributed by atoms with Crippen molar-refractivity contribution in [3.63, 3.8) is 0 Å². The lowest BCUT2D eigenvalue weighted by molar-refractivity contribution is -0.155. The fourth-order valence-corrected chi connectivity index (χ4v) is 5.58. The second-order valence-electron chi connectivity index (χ2n) is 6.86. The fourth-order valence-electron chi connectivity index (χ4n) is 3.57. The highest BCUT2D eigenvalue weighted by molar-refractivity contribution is 8.02. The van der Waals surface area contributed by atoms with Crippen LogP contribution in [0.2, 0.25) is 4.34 Å². The first-order chi connectivity index (χ1) is 15.3. The number of carbonyl (C=O) groups is 3. The number of nitrogens with two attached hydrogens (primary N) is 1. The van der Waals surface area contributed by atoms with E-state index in [1.807, 2.05) is 0 Å². The third kappa shape index (κ3) is 3.91. The average molecular weight is 498 g/mol. The molecule has 0 aromatic carbocycles. The van der Waals surface area contributed by atoms with E-state index >= 15 is 0 Å². The number of thioether (sulfide) groups is 1. The van der Waals surface area contributed by atoms with E-state index in [4.69, 9.17) is 17.3 Å². The molecule has 0 bridgehead atoms. The predicted molar refractivity (Wildman–Crippen MR) is 116 cm³/mol. The van der Waals surface area contributed by atoms with Crippen LogP contribution in [0.25, 0.3) is 0 Å². The zero-order chi connectivity index (χ0) is 23.0. The van der Waals surface area contributed by atoms with Gasteiger partial charge in [-0.15, -0.1) is 11.8 Å². The summed E-state index contributed by atoms with van der Waals surface area (Å²) in [5.74, 6) is -2.16. The van der Waals surface area contributed by atoms with Gasteiger partial charge >= 0.3 is 5.97 Å². The monoisotopic (exact) mass is 497 g/mol. The molecule has 2 atom stereocenters. The van der Waals surface area contributed by atoms with Crippen molar-refractivity contribution in [1.29, 1.82) is 0 Å². The molecule has 168 valence electrons. The van der Waals surface area contributed by atoms with Gasteiger partial charge in [-0.25, -0.2) is 9.78 Å². The number of aromatic amines is 1. The summed E-state index contributed by atoms with van der Waals surface area (Å²) >= 11 is 8.20. The number of aliphatic carboxylic acids is 1. The molecule has 0 saturated carbocycles. The number of nitrogen functional groups attached to an aromatic ring is 1. The zero-order valence-electron chi connectivity index (χ0n) is 16.1. The Morgan fingerprint density at radius 2 is 2.28 bits per heavy atom. The normalized spacial score (nSPS) is 20.7. The van der Waals surface area contributed by atoms with E-state index in [0.717, 1.165) is 16.9 Å². The molecule has 0 unspecified atom stereocenters. The quantitative estimate of drug-likeness (QED) is 0.161. The summed E-state index contributed by atoms with van der Waals surface area (Å²) in [6, 6.07) is -1.50. The number of nitrogens with one attached hydrogen (secondary N) is 2. The number of thiazole rings is 1. The first-order valence-corrected chi connectivity index (χ1v) is 11.3. The SMILES string of the molecule is Nc1nc(/C(=N/O)C(=O)N[C@@H]2C(=O)N3C(C(=O)O)=C(SCc4cn[nH]c4)CC[C@H]23)c(Cl)s1. The number of carbonyl (C=O) groups excluding carboxylic acids is 2. The summed E-state index contributed by atoms with van der Waals surface area (Å²) in [6.07, 6.45) is 4.24. The number of carboxylic acid groups (broad SMARTS) is 1. The topological polar surface area (TPSA) is 187 Å². The Balaban J connectivity index is 1.49. The van der Waals surface area contributed by atoms with E-state index in [1.54, 1.807) is 12.4 Å². The highest BCUT2D eigenvalue weighted by Gasteiger charge is 2.53. The summed E-state index contributed by atoms with van der Waals surface area (Å²) in [6.45, 7) is 0. The Hall–Kier alpha value is -3.10. The third-order valence-electron chi connectivity index (χ3n) is 4.99. The number of nitrogens with zero attached hydrogens (tertiary/aromatic N) is 4. The number of carboxylic acids is 1. The number of rotatable bonds is 7. The van der Waals surface area contributed by atoms with Crippen molar-refractivity contribution < 1.29 is 24.7 Å². The second-order valence-corrected chi connectivity index (χ2v) is 9.56. The highest BCUT2D eigenvalue weighted by Crippen LogP contribution is 2.41. The number of H-pyrrole nitrogens is 1. The van der Waals surface area contributed by atoms with Crippen molar-refractivity contribution in [2.75, 3.05) is 5.73 Å². The number of fused-ring (bicyclic) bond motifs is 1. The van der Waals surface area contributed by atoms with Gasteiger partial charge in [-0.2, -0.15) is 5.10 Å². The Bertz CT molecular complexity index is 1150. The van der Waals surface area contributed by atoms with Gasteiger partial charge < -0.3 is 21.4 Å². The summed E-state index contributed by atoms with van der Waals surface area (Å²) in [7, 11) is 0. The van der Waals surface area contributed by atoms with E-state index in [-0.39, 0.29) is 20.9 Å². The Morgan fingerprint density at radius 3 is 2.88 bits per heavy atom. The van der Waals surface area contributed by atoms with Crippen molar-refractivity contribution in [3.8, 4) is 0 Å². The van der Waals surface area contributed by atoms with Crippen molar-refractivity contribution in [3.05, 3.63) is 38.6 Å². The molecule has 0 radical (unpaired) electrons. The van der Waals surface area contributed by atoms with Crippen molar-refractivity contribution in [2.24, 2.45) is 5.16 Å². The average Bonchev–Trinajstić information content (AvgIpc) is 3.39. The van der Waals surface area contributed by atoms with Gasteiger partial charge in [0.05, 0.1) is 12.2 Å². The summed E-state index contributed by atoms with van der Waals surface area (Å²) < 4.78 is 0.0556. The van der Waals surface area contributed by atoms with Crippen LogP contribution in [0.5, 0.6) is 0 Å². The maximum absolute atomic E-state index is 12.8. The molecule has 15 heteroatoms. The lowest BCUT2D eigenvalue weighted by atomic mass is 9.86. The molecule has 12 nitrogen and oxygen atoms in total. The molecule has 2 amide bonds. The van der Waals surface area contributed by atoms with Crippen LogP contribution in [0, 0.1) is 0 Å². The molecule has 2 aromatic heterocycles. The molecule has 6 N–H and O–H groups in total. The van der Waals surface area contributed by atoms with Crippen molar-refractivity contribution in [1.82, 2.24) is 25.4 Å². The Labute approximate surface area is 193 Å². The molecule has 0 aliphatic carbocycles. The lowest BCUT2D eigenvalue weighted by Gasteiger charge is -2.50. The standard InChI is InChI=1S/C17H16ClN7O5S2/c18-13-10(23-17(19)32-13)11(24-30)14(26)22-9-7-1-2-8(31-5-6-3-20-21-4-6)12(16(28)29)25(7)15(9)27/h3-4,7,9,30H,1-2,5H2,(H2,19,23)(H,20,21)(H,22,26)(H,28,29)/b24-11-/t7-,9+/m1/s1. The van der Waals surface area contributed by atoms with Crippen molar-refractivity contribution >= 4 is 63.3 Å². The number of oxime groups is 1. The van der Waals surface area contributed by atoms with E-state index in [0.29, 0.717) is 23.5 Å². The molecular formula is C17H16ClN7O5S2. The number of allylic oxidation sites excluding steroid dienone is 1.